The van der Waals surface area contributed by atoms with Crippen molar-refractivity contribution >= 4 is 23.3 Å². The molecule has 2 heterocycles. The van der Waals surface area contributed by atoms with Crippen LogP contribution in [0.25, 0.3) is 0 Å². The largest absolute Gasteiger partial charge is 0.479 e. The number of carboxylic acids is 1. The Morgan fingerprint density at radius 3 is 2.58 bits per heavy atom. The summed E-state index contributed by atoms with van der Waals surface area (Å²) in [4.78, 5) is 33.8. The minimum Gasteiger partial charge on any atom is -0.479 e. The molecule has 2 rings (SSSR count). The number of carboxylic acid groups (broad SMARTS) is 1. The highest BCUT2D eigenvalue weighted by atomic mass is 16.6. The van der Waals surface area contributed by atoms with Gasteiger partial charge in [-0.15, -0.1) is 0 Å². The maximum atomic E-state index is 12.1. The molecule has 140 valence electrons. The summed E-state index contributed by atoms with van der Waals surface area (Å²) in [5, 5.41) is 30.8. The van der Waals surface area contributed by atoms with Crippen LogP contribution in [0.5, 0.6) is 0 Å². The van der Waals surface area contributed by atoms with E-state index in [1.807, 2.05) is 0 Å². The lowest BCUT2D eigenvalue weighted by Gasteiger charge is -2.19. The van der Waals surface area contributed by atoms with Gasteiger partial charge in [0.1, 0.15) is 11.4 Å². The molecular formula is C15H20N6O5. The highest BCUT2D eigenvalue weighted by Gasteiger charge is 2.30. The lowest BCUT2D eigenvalue weighted by Crippen LogP contribution is -2.35. The van der Waals surface area contributed by atoms with Crippen LogP contribution in [0, 0.1) is 24.0 Å². The van der Waals surface area contributed by atoms with Crippen LogP contribution in [0.2, 0.25) is 0 Å². The monoisotopic (exact) mass is 364 g/mol. The van der Waals surface area contributed by atoms with Gasteiger partial charge in [-0.05, 0) is 27.7 Å². The molecule has 1 amide bonds. The molecule has 0 atom stereocenters. The van der Waals surface area contributed by atoms with Crippen LogP contribution in [0.4, 0.5) is 11.4 Å². The smallest absolute Gasteiger partial charge is 0.331 e. The Morgan fingerprint density at radius 2 is 2.04 bits per heavy atom. The first-order valence-electron chi connectivity index (χ1n) is 7.80. The second kappa shape index (κ2) is 6.94. The average molecular weight is 364 g/mol. The molecule has 26 heavy (non-hydrogen) atoms. The Bertz CT molecular complexity index is 866. The quantitative estimate of drug-likeness (QED) is 0.558. The van der Waals surface area contributed by atoms with Crippen molar-refractivity contribution in [2.75, 3.05) is 5.32 Å². The fourth-order valence-corrected chi connectivity index (χ4v) is 2.39. The maximum Gasteiger partial charge on any atom is 0.331 e. The summed E-state index contributed by atoms with van der Waals surface area (Å²) in [6, 6.07) is 0. The number of nitrogens with zero attached hydrogens (tertiary/aromatic N) is 5. The predicted molar refractivity (Wildman–Crippen MR) is 90.8 cm³/mol. The van der Waals surface area contributed by atoms with Gasteiger partial charge in [-0.3, -0.25) is 24.3 Å². The normalized spacial score (nSPS) is 11.4. The Balaban J connectivity index is 2.00. The van der Waals surface area contributed by atoms with Gasteiger partial charge in [0.25, 0.3) is 0 Å². The van der Waals surface area contributed by atoms with Crippen molar-refractivity contribution in [2.24, 2.45) is 0 Å². The number of aliphatic carboxylic acids is 1. The van der Waals surface area contributed by atoms with Gasteiger partial charge in [-0.2, -0.15) is 10.2 Å². The zero-order valence-corrected chi connectivity index (χ0v) is 14.9. The van der Waals surface area contributed by atoms with Crippen LogP contribution in [-0.4, -0.2) is 41.5 Å². The van der Waals surface area contributed by atoms with E-state index >= 15 is 0 Å². The van der Waals surface area contributed by atoms with Gasteiger partial charge < -0.3 is 10.4 Å². The Hall–Kier alpha value is -3.24. The number of carbonyl (C=O) groups excluding carboxylic acids is 1. The molecule has 11 heteroatoms. The zero-order valence-electron chi connectivity index (χ0n) is 14.9. The van der Waals surface area contributed by atoms with Gasteiger partial charge in [0.2, 0.25) is 5.91 Å². The van der Waals surface area contributed by atoms with E-state index in [9.17, 15) is 24.8 Å². The van der Waals surface area contributed by atoms with Crippen molar-refractivity contribution in [3.63, 3.8) is 0 Å². The zero-order chi connectivity index (χ0) is 19.6. The summed E-state index contributed by atoms with van der Waals surface area (Å²) in [6.45, 7) is 6.28. The van der Waals surface area contributed by atoms with Gasteiger partial charge in [0, 0.05) is 12.6 Å². The molecule has 2 aromatic rings. The van der Waals surface area contributed by atoms with E-state index in [1.54, 1.807) is 13.8 Å². The average Bonchev–Trinajstić information content (AvgIpc) is 3.10. The molecule has 0 unspecified atom stereocenters. The van der Waals surface area contributed by atoms with Gasteiger partial charge in [0.05, 0.1) is 23.4 Å². The summed E-state index contributed by atoms with van der Waals surface area (Å²) in [7, 11) is 0. The minimum absolute atomic E-state index is 0.0482. The van der Waals surface area contributed by atoms with Gasteiger partial charge in [-0.1, -0.05) is 0 Å². The van der Waals surface area contributed by atoms with Crippen LogP contribution in [0.1, 0.15) is 31.7 Å². The second-order valence-corrected chi connectivity index (χ2v) is 6.34. The van der Waals surface area contributed by atoms with Crippen molar-refractivity contribution in [2.45, 2.75) is 46.2 Å². The topological polar surface area (TPSA) is 145 Å². The molecule has 2 N–H and O–H groups in total. The Kier molecular flexibility index (Phi) is 5.10. The van der Waals surface area contributed by atoms with E-state index in [-0.39, 0.29) is 24.6 Å². The van der Waals surface area contributed by atoms with Crippen LogP contribution in [-0.2, 0) is 21.7 Å². The summed E-state index contributed by atoms with van der Waals surface area (Å²) in [6.07, 6.45) is 2.84. The molecular weight excluding hydrogens is 344 g/mol. The van der Waals surface area contributed by atoms with Gasteiger partial charge in [-0.25, -0.2) is 4.79 Å². The van der Waals surface area contributed by atoms with Crippen molar-refractivity contribution in [3.05, 3.63) is 33.9 Å². The summed E-state index contributed by atoms with van der Waals surface area (Å²) < 4.78 is 2.67. The highest BCUT2D eigenvalue weighted by molar-refractivity contribution is 5.90. The van der Waals surface area contributed by atoms with E-state index in [4.69, 9.17) is 0 Å². The molecule has 0 aliphatic carbocycles. The molecule has 0 aromatic carbocycles. The lowest BCUT2D eigenvalue weighted by molar-refractivity contribution is -0.386. The number of carbonyl (C=O) groups is 2. The van der Waals surface area contributed by atoms with E-state index in [2.05, 4.69) is 15.5 Å². The number of nitro groups is 1. The first-order valence-corrected chi connectivity index (χ1v) is 7.80. The number of aryl methyl sites for hydroxylation is 2. The molecule has 0 fully saturated rings. The maximum absolute atomic E-state index is 12.1. The fraction of sp³-hybridized carbons (Fsp3) is 0.467. The SMILES string of the molecule is Cc1nn(CCC(=O)Nc2cnn(C(C)(C)C(=O)O)c2)c(C)c1[N+](=O)[O-]. The van der Waals surface area contributed by atoms with E-state index < -0.39 is 16.4 Å². The number of anilines is 1. The number of hydrogen-bond donors (Lipinski definition) is 2. The number of amides is 1. The molecule has 0 bridgehead atoms. The highest BCUT2D eigenvalue weighted by Crippen LogP contribution is 2.22. The van der Waals surface area contributed by atoms with Crippen LogP contribution in [0.15, 0.2) is 12.4 Å². The molecule has 11 nitrogen and oxygen atoms in total. The van der Waals surface area contributed by atoms with E-state index in [0.717, 1.165) is 0 Å². The molecule has 0 saturated carbocycles. The molecule has 0 aliphatic rings. The van der Waals surface area contributed by atoms with Crippen LogP contribution in [0.3, 0.4) is 0 Å². The number of rotatable bonds is 7. The molecule has 2 aromatic heterocycles. The van der Waals surface area contributed by atoms with Gasteiger partial charge >= 0.3 is 11.7 Å². The predicted octanol–water partition coefficient (Wildman–Crippen LogP) is 1.45. The molecule has 0 saturated heterocycles. The Labute approximate surface area is 148 Å². The molecule has 0 aliphatic heterocycles. The lowest BCUT2D eigenvalue weighted by atomic mass is 10.1. The van der Waals surface area contributed by atoms with Crippen molar-refractivity contribution in [1.82, 2.24) is 19.6 Å². The Morgan fingerprint density at radius 1 is 1.38 bits per heavy atom. The van der Waals surface area contributed by atoms with Crippen LogP contribution >= 0.6 is 0 Å². The third-order valence-electron chi connectivity index (χ3n) is 4.04. The molecule has 0 radical (unpaired) electrons. The summed E-state index contributed by atoms with van der Waals surface area (Å²) in [5.41, 5.74) is -0.251. The third-order valence-corrected chi connectivity index (χ3v) is 4.04. The second-order valence-electron chi connectivity index (χ2n) is 6.34. The van der Waals surface area contributed by atoms with Crippen molar-refractivity contribution in [3.8, 4) is 0 Å². The standard InChI is InChI=1S/C15H20N6O5/c1-9-13(21(25)26)10(2)19(18-9)6-5-12(22)17-11-7-16-20(8-11)15(3,4)14(23)24/h7-8H,5-6H2,1-4H3,(H,17,22)(H,23,24). The summed E-state index contributed by atoms with van der Waals surface area (Å²) in [5.74, 6) is -1.39. The van der Waals surface area contributed by atoms with Crippen molar-refractivity contribution < 1.29 is 19.6 Å². The van der Waals surface area contributed by atoms with Crippen molar-refractivity contribution in [1.29, 1.82) is 0 Å². The third kappa shape index (κ3) is 3.71. The van der Waals surface area contributed by atoms with E-state index in [0.29, 0.717) is 17.1 Å². The fourth-order valence-electron chi connectivity index (χ4n) is 2.39. The molecule has 0 spiro atoms. The number of nitrogens with one attached hydrogen (secondary N) is 1. The number of aromatic nitrogens is 4. The minimum atomic E-state index is -1.24. The first kappa shape index (κ1) is 19.1. The summed E-state index contributed by atoms with van der Waals surface area (Å²) >= 11 is 0. The van der Waals surface area contributed by atoms with Crippen LogP contribution < -0.4 is 5.32 Å². The first-order chi connectivity index (χ1) is 12.0. The van der Waals surface area contributed by atoms with Gasteiger partial charge in [0.15, 0.2) is 5.54 Å². The van der Waals surface area contributed by atoms with E-state index in [1.165, 1.54) is 35.6 Å². The number of hydrogen-bond acceptors (Lipinski definition) is 6.